The van der Waals surface area contributed by atoms with E-state index < -0.39 is 0 Å². The number of likely N-dealkylation sites (tertiary alicyclic amines) is 2. The molecule has 0 radical (unpaired) electrons. The zero-order valence-corrected chi connectivity index (χ0v) is 15.6. The van der Waals surface area contributed by atoms with Crippen molar-refractivity contribution in [3.8, 4) is 5.75 Å². The summed E-state index contributed by atoms with van der Waals surface area (Å²) in [6.07, 6.45) is 7.40. The van der Waals surface area contributed by atoms with Gasteiger partial charge in [-0.25, -0.2) is 0 Å². The van der Waals surface area contributed by atoms with Gasteiger partial charge in [0.1, 0.15) is 11.8 Å². The van der Waals surface area contributed by atoms with Crippen LogP contribution in [0, 0.1) is 0 Å². The van der Waals surface area contributed by atoms with E-state index >= 15 is 0 Å². The molecule has 0 aromatic heterocycles. The van der Waals surface area contributed by atoms with Gasteiger partial charge in [0.05, 0.1) is 7.11 Å². The number of hydrogen-bond acceptors (Lipinski definition) is 3. The fourth-order valence-electron chi connectivity index (χ4n) is 3.98. The van der Waals surface area contributed by atoms with E-state index in [1.165, 1.54) is 6.42 Å². The molecule has 0 aliphatic carbocycles. The highest BCUT2D eigenvalue weighted by molar-refractivity contribution is 5.98. The normalized spacial score (nSPS) is 20.1. The molecule has 2 fully saturated rings. The van der Waals surface area contributed by atoms with E-state index in [2.05, 4.69) is 6.58 Å². The highest BCUT2D eigenvalue weighted by Crippen LogP contribution is 2.26. The van der Waals surface area contributed by atoms with Crippen LogP contribution in [0.5, 0.6) is 5.75 Å². The van der Waals surface area contributed by atoms with Crippen LogP contribution in [-0.4, -0.2) is 54.4 Å². The fraction of sp³-hybridized carbons (Fsp3) is 0.524. The lowest BCUT2D eigenvalue weighted by Gasteiger charge is -2.32. The number of carbonyl (C=O) groups is 2. The Morgan fingerprint density at radius 2 is 1.96 bits per heavy atom. The first-order chi connectivity index (χ1) is 12.7. The molecule has 0 spiro atoms. The van der Waals surface area contributed by atoms with Crippen LogP contribution in [0.2, 0.25) is 0 Å². The van der Waals surface area contributed by atoms with Crippen molar-refractivity contribution < 1.29 is 14.3 Å². The Morgan fingerprint density at radius 1 is 1.19 bits per heavy atom. The molecule has 0 saturated carbocycles. The SMILES string of the molecule is C=CCc1cc(C(=O)N2CCC[C@H]2C(=O)N2CCCCC2)ccc1OC. The topological polar surface area (TPSA) is 49.9 Å². The number of benzene rings is 1. The van der Waals surface area contributed by atoms with Crippen LogP contribution < -0.4 is 4.74 Å². The maximum Gasteiger partial charge on any atom is 0.254 e. The molecule has 2 aliphatic heterocycles. The standard InChI is InChI=1S/C21H28N2O3/c1-3-8-16-15-17(10-11-19(16)26-2)20(24)23-14-7-9-18(23)21(25)22-12-5-4-6-13-22/h3,10-11,15,18H,1,4-9,12-14H2,2H3/t18-/m0/s1. The number of carbonyl (C=O) groups excluding carboxylic acids is 2. The van der Waals surface area contributed by atoms with Crippen molar-refractivity contribution in [3.05, 3.63) is 42.0 Å². The molecule has 2 saturated heterocycles. The molecule has 1 atom stereocenters. The second-order valence-electron chi connectivity index (χ2n) is 7.06. The van der Waals surface area contributed by atoms with Crippen molar-refractivity contribution in [3.63, 3.8) is 0 Å². The van der Waals surface area contributed by atoms with E-state index in [4.69, 9.17) is 4.74 Å². The number of ether oxygens (including phenoxy) is 1. The molecule has 5 nitrogen and oxygen atoms in total. The summed E-state index contributed by atoms with van der Waals surface area (Å²) in [6, 6.07) is 5.16. The molecule has 0 N–H and O–H groups in total. The van der Waals surface area contributed by atoms with Crippen LogP contribution in [0.4, 0.5) is 0 Å². The molecule has 5 heteroatoms. The summed E-state index contributed by atoms with van der Waals surface area (Å²) in [6.45, 7) is 6.06. The first-order valence-electron chi connectivity index (χ1n) is 9.53. The van der Waals surface area contributed by atoms with E-state index in [1.54, 1.807) is 24.2 Å². The molecular weight excluding hydrogens is 328 g/mol. The number of rotatable bonds is 5. The monoisotopic (exact) mass is 356 g/mol. The molecular formula is C21H28N2O3. The van der Waals surface area contributed by atoms with Gasteiger partial charge in [0.15, 0.2) is 0 Å². The minimum Gasteiger partial charge on any atom is -0.496 e. The van der Waals surface area contributed by atoms with Gasteiger partial charge in [-0.2, -0.15) is 0 Å². The van der Waals surface area contributed by atoms with E-state index in [0.29, 0.717) is 18.5 Å². The maximum atomic E-state index is 13.1. The molecule has 26 heavy (non-hydrogen) atoms. The Kier molecular flexibility index (Phi) is 5.96. The lowest BCUT2D eigenvalue weighted by Crippen LogP contribution is -2.49. The van der Waals surface area contributed by atoms with E-state index in [0.717, 1.165) is 50.1 Å². The fourth-order valence-corrected chi connectivity index (χ4v) is 3.98. The van der Waals surface area contributed by atoms with Gasteiger partial charge < -0.3 is 14.5 Å². The van der Waals surface area contributed by atoms with Gasteiger partial charge in [-0.05, 0) is 62.3 Å². The molecule has 0 bridgehead atoms. The number of nitrogens with zero attached hydrogens (tertiary/aromatic N) is 2. The molecule has 2 amide bonds. The van der Waals surface area contributed by atoms with Gasteiger partial charge in [0, 0.05) is 25.2 Å². The predicted molar refractivity (Wildman–Crippen MR) is 101 cm³/mol. The maximum absolute atomic E-state index is 13.1. The van der Waals surface area contributed by atoms with Gasteiger partial charge >= 0.3 is 0 Å². The third kappa shape index (κ3) is 3.76. The molecule has 140 valence electrons. The number of hydrogen-bond donors (Lipinski definition) is 0. The first-order valence-corrected chi connectivity index (χ1v) is 9.53. The zero-order valence-electron chi connectivity index (χ0n) is 15.6. The predicted octanol–water partition coefficient (Wildman–Crippen LogP) is 3.04. The number of amides is 2. The Balaban J connectivity index is 1.78. The third-order valence-electron chi connectivity index (χ3n) is 5.36. The van der Waals surface area contributed by atoms with Crippen molar-refractivity contribution in [2.75, 3.05) is 26.7 Å². The van der Waals surface area contributed by atoms with Gasteiger partial charge in [-0.3, -0.25) is 9.59 Å². The molecule has 1 aromatic rings. The Labute approximate surface area is 155 Å². The molecule has 3 rings (SSSR count). The van der Waals surface area contributed by atoms with E-state index in [9.17, 15) is 9.59 Å². The first kappa shape index (κ1) is 18.5. The summed E-state index contributed by atoms with van der Waals surface area (Å²) in [5, 5.41) is 0. The summed E-state index contributed by atoms with van der Waals surface area (Å²) in [5.41, 5.74) is 1.55. The summed E-state index contributed by atoms with van der Waals surface area (Å²) >= 11 is 0. The van der Waals surface area contributed by atoms with Gasteiger partial charge in [-0.1, -0.05) is 6.08 Å². The molecule has 2 heterocycles. The number of allylic oxidation sites excluding steroid dienone is 1. The van der Waals surface area contributed by atoms with Crippen LogP contribution in [-0.2, 0) is 11.2 Å². The van der Waals surface area contributed by atoms with Gasteiger partial charge in [0.25, 0.3) is 5.91 Å². The van der Waals surface area contributed by atoms with E-state index in [1.807, 2.05) is 17.0 Å². The summed E-state index contributed by atoms with van der Waals surface area (Å²) in [5.74, 6) is 0.810. The van der Waals surface area contributed by atoms with Crippen molar-refractivity contribution >= 4 is 11.8 Å². The quantitative estimate of drug-likeness (QED) is 0.762. The van der Waals surface area contributed by atoms with E-state index in [-0.39, 0.29) is 17.9 Å². The highest BCUT2D eigenvalue weighted by atomic mass is 16.5. The average molecular weight is 356 g/mol. The van der Waals surface area contributed by atoms with Crippen LogP contribution >= 0.6 is 0 Å². The summed E-state index contributed by atoms with van der Waals surface area (Å²) in [7, 11) is 1.62. The van der Waals surface area contributed by atoms with Crippen LogP contribution in [0.1, 0.15) is 48.0 Å². The van der Waals surface area contributed by atoms with Crippen LogP contribution in [0.25, 0.3) is 0 Å². The van der Waals surface area contributed by atoms with Crippen molar-refractivity contribution in [1.29, 1.82) is 0 Å². The lowest BCUT2D eigenvalue weighted by molar-refractivity contribution is -0.136. The summed E-state index contributed by atoms with van der Waals surface area (Å²) in [4.78, 5) is 29.7. The lowest BCUT2D eigenvalue weighted by atomic mass is 10.0. The molecule has 2 aliphatic rings. The molecule has 1 aromatic carbocycles. The minimum absolute atomic E-state index is 0.0641. The number of methoxy groups -OCH3 is 1. The van der Waals surface area contributed by atoms with Crippen LogP contribution in [0.3, 0.4) is 0 Å². The summed E-state index contributed by atoms with van der Waals surface area (Å²) < 4.78 is 5.36. The average Bonchev–Trinajstić information content (AvgIpc) is 3.17. The van der Waals surface area contributed by atoms with Crippen molar-refractivity contribution in [2.24, 2.45) is 0 Å². The van der Waals surface area contributed by atoms with Gasteiger partial charge in [-0.15, -0.1) is 6.58 Å². The number of piperidine rings is 1. The zero-order chi connectivity index (χ0) is 18.5. The third-order valence-corrected chi connectivity index (χ3v) is 5.36. The molecule has 0 unspecified atom stereocenters. The largest absolute Gasteiger partial charge is 0.496 e. The van der Waals surface area contributed by atoms with Crippen LogP contribution in [0.15, 0.2) is 30.9 Å². The minimum atomic E-state index is -0.314. The Morgan fingerprint density at radius 3 is 2.65 bits per heavy atom. The van der Waals surface area contributed by atoms with Crippen molar-refractivity contribution in [1.82, 2.24) is 9.80 Å². The second kappa shape index (κ2) is 8.39. The van der Waals surface area contributed by atoms with Crippen molar-refractivity contribution in [2.45, 2.75) is 44.6 Å². The smallest absolute Gasteiger partial charge is 0.254 e. The Hall–Kier alpha value is -2.30. The highest BCUT2D eigenvalue weighted by Gasteiger charge is 2.37. The Bertz CT molecular complexity index is 680. The van der Waals surface area contributed by atoms with Gasteiger partial charge in [0.2, 0.25) is 5.91 Å². The second-order valence-corrected chi connectivity index (χ2v) is 7.06.